The molecule has 11 heavy (non-hydrogen) atoms. The van der Waals surface area contributed by atoms with E-state index in [1.54, 1.807) is 0 Å². The summed E-state index contributed by atoms with van der Waals surface area (Å²) < 4.78 is 0. The molecule has 0 atom stereocenters. The first kappa shape index (κ1) is 10.4. The van der Waals surface area contributed by atoms with Gasteiger partial charge in [-0.15, -0.1) is 0 Å². The SMILES string of the molecule is CCNC(=O)CNCC(C)C. The molecule has 0 aromatic rings. The van der Waals surface area contributed by atoms with Crippen LogP contribution in [0.4, 0.5) is 0 Å². The maximum atomic E-state index is 10.9. The quantitative estimate of drug-likeness (QED) is 0.607. The minimum Gasteiger partial charge on any atom is -0.355 e. The summed E-state index contributed by atoms with van der Waals surface area (Å²) in [5.41, 5.74) is 0. The van der Waals surface area contributed by atoms with Crippen molar-refractivity contribution in [1.29, 1.82) is 0 Å². The van der Waals surface area contributed by atoms with Gasteiger partial charge >= 0.3 is 0 Å². The zero-order chi connectivity index (χ0) is 8.69. The molecule has 0 heterocycles. The molecule has 0 aliphatic rings. The number of likely N-dealkylation sites (N-methyl/N-ethyl adjacent to an activating group) is 1. The smallest absolute Gasteiger partial charge is 0.233 e. The normalized spacial score (nSPS) is 10.2. The topological polar surface area (TPSA) is 41.1 Å². The van der Waals surface area contributed by atoms with E-state index in [-0.39, 0.29) is 5.91 Å². The molecule has 3 nitrogen and oxygen atoms in total. The van der Waals surface area contributed by atoms with Gasteiger partial charge in [0, 0.05) is 6.54 Å². The number of rotatable bonds is 5. The summed E-state index contributed by atoms with van der Waals surface area (Å²) >= 11 is 0. The molecule has 0 radical (unpaired) electrons. The Balaban J connectivity index is 3.17. The van der Waals surface area contributed by atoms with Gasteiger partial charge in [-0.2, -0.15) is 0 Å². The molecule has 0 aliphatic heterocycles. The lowest BCUT2D eigenvalue weighted by Gasteiger charge is -2.06. The average molecular weight is 158 g/mol. The van der Waals surface area contributed by atoms with Crippen molar-refractivity contribution in [1.82, 2.24) is 10.6 Å². The van der Waals surface area contributed by atoms with Crippen molar-refractivity contribution < 1.29 is 4.79 Å². The number of amides is 1. The van der Waals surface area contributed by atoms with Crippen molar-refractivity contribution in [2.24, 2.45) is 5.92 Å². The Morgan fingerprint density at radius 1 is 1.45 bits per heavy atom. The Hall–Kier alpha value is -0.570. The molecule has 0 aromatic carbocycles. The van der Waals surface area contributed by atoms with E-state index in [0.717, 1.165) is 6.54 Å². The van der Waals surface area contributed by atoms with Gasteiger partial charge in [-0.3, -0.25) is 4.79 Å². The molecule has 0 fully saturated rings. The highest BCUT2D eigenvalue weighted by molar-refractivity contribution is 5.77. The summed E-state index contributed by atoms with van der Waals surface area (Å²) in [6.07, 6.45) is 0. The highest BCUT2D eigenvalue weighted by Gasteiger charge is 1.98. The predicted molar refractivity (Wildman–Crippen MR) is 46.4 cm³/mol. The van der Waals surface area contributed by atoms with Crippen LogP contribution in [0.15, 0.2) is 0 Å². The molecule has 0 saturated carbocycles. The third-order valence-corrected chi connectivity index (χ3v) is 1.21. The monoisotopic (exact) mass is 158 g/mol. The lowest BCUT2D eigenvalue weighted by Crippen LogP contribution is -2.35. The molecule has 0 saturated heterocycles. The second kappa shape index (κ2) is 6.16. The number of hydrogen-bond donors (Lipinski definition) is 2. The van der Waals surface area contributed by atoms with Crippen molar-refractivity contribution in [3.8, 4) is 0 Å². The van der Waals surface area contributed by atoms with Crippen molar-refractivity contribution in [2.75, 3.05) is 19.6 Å². The van der Waals surface area contributed by atoms with Crippen LogP contribution in [0.1, 0.15) is 20.8 Å². The van der Waals surface area contributed by atoms with Crippen LogP contribution in [0, 0.1) is 5.92 Å². The second-order valence-electron chi connectivity index (χ2n) is 2.98. The van der Waals surface area contributed by atoms with Gasteiger partial charge in [0.2, 0.25) is 5.91 Å². The minimum absolute atomic E-state index is 0.0770. The molecule has 0 aromatic heterocycles. The van der Waals surface area contributed by atoms with Crippen molar-refractivity contribution in [3.05, 3.63) is 0 Å². The highest BCUT2D eigenvalue weighted by Crippen LogP contribution is 1.85. The zero-order valence-corrected chi connectivity index (χ0v) is 7.61. The first-order chi connectivity index (χ1) is 5.16. The second-order valence-corrected chi connectivity index (χ2v) is 2.98. The van der Waals surface area contributed by atoms with Gasteiger partial charge in [0.05, 0.1) is 6.54 Å². The lowest BCUT2D eigenvalue weighted by atomic mass is 10.2. The Labute approximate surface area is 68.6 Å². The highest BCUT2D eigenvalue weighted by atomic mass is 16.1. The fourth-order valence-corrected chi connectivity index (χ4v) is 0.734. The van der Waals surface area contributed by atoms with E-state index in [1.165, 1.54) is 0 Å². The fourth-order valence-electron chi connectivity index (χ4n) is 0.734. The Bertz CT molecular complexity index is 113. The standard InChI is InChI=1S/C8H18N2O/c1-4-10-8(11)6-9-5-7(2)3/h7,9H,4-6H2,1-3H3,(H,10,11). The predicted octanol–water partition coefficient (Wildman–Crippen LogP) is 0.368. The molecular formula is C8H18N2O. The summed E-state index contributed by atoms with van der Waals surface area (Å²) in [4.78, 5) is 10.9. The Morgan fingerprint density at radius 3 is 2.55 bits per heavy atom. The number of carbonyl (C=O) groups is 1. The molecule has 0 spiro atoms. The zero-order valence-electron chi connectivity index (χ0n) is 7.61. The van der Waals surface area contributed by atoms with Crippen molar-refractivity contribution in [3.63, 3.8) is 0 Å². The van der Waals surface area contributed by atoms with Crippen LogP contribution in [0.2, 0.25) is 0 Å². The fraction of sp³-hybridized carbons (Fsp3) is 0.875. The van der Waals surface area contributed by atoms with Crippen LogP contribution < -0.4 is 10.6 Å². The maximum absolute atomic E-state index is 10.9. The molecule has 0 unspecified atom stereocenters. The van der Waals surface area contributed by atoms with Gasteiger partial charge in [-0.25, -0.2) is 0 Å². The third kappa shape index (κ3) is 7.33. The Kier molecular flexibility index (Phi) is 5.84. The number of hydrogen-bond acceptors (Lipinski definition) is 2. The van der Waals surface area contributed by atoms with Gasteiger partial charge in [0.25, 0.3) is 0 Å². The first-order valence-electron chi connectivity index (χ1n) is 4.14. The molecule has 1 amide bonds. The van der Waals surface area contributed by atoms with Gasteiger partial charge in [-0.1, -0.05) is 13.8 Å². The summed E-state index contributed by atoms with van der Waals surface area (Å²) in [6, 6.07) is 0. The molecular weight excluding hydrogens is 140 g/mol. The summed E-state index contributed by atoms with van der Waals surface area (Å²) in [5, 5.41) is 5.78. The third-order valence-electron chi connectivity index (χ3n) is 1.21. The summed E-state index contributed by atoms with van der Waals surface area (Å²) in [5.74, 6) is 0.678. The van der Waals surface area contributed by atoms with Crippen LogP contribution in [-0.4, -0.2) is 25.5 Å². The van der Waals surface area contributed by atoms with Crippen LogP contribution in [0.5, 0.6) is 0 Å². The van der Waals surface area contributed by atoms with Gasteiger partial charge < -0.3 is 10.6 Å². The largest absolute Gasteiger partial charge is 0.355 e. The number of carbonyl (C=O) groups excluding carboxylic acids is 1. The molecule has 0 bridgehead atoms. The summed E-state index contributed by atoms with van der Waals surface area (Å²) in [7, 11) is 0. The van der Waals surface area contributed by atoms with E-state index < -0.39 is 0 Å². The molecule has 66 valence electrons. The summed E-state index contributed by atoms with van der Waals surface area (Å²) in [6.45, 7) is 8.20. The van der Waals surface area contributed by atoms with Gasteiger partial charge in [-0.05, 0) is 19.4 Å². The van der Waals surface area contributed by atoms with E-state index in [9.17, 15) is 4.79 Å². The van der Waals surface area contributed by atoms with Gasteiger partial charge in [0.15, 0.2) is 0 Å². The molecule has 2 N–H and O–H groups in total. The molecule has 0 aliphatic carbocycles. The first-order valence-corrected chi connectivity index (χ1v) is 4.14. The van der Waals surface area contributed by atoms with Crippen LogP contribution in [0.3, 0.4) is 0 Å². The van der Waals surface area contributed by atoms with Crippen LogP contribution >= 0.6 is 0 Å². The van der Waals surface area contributed by atoms with E-state index in [0.29, 0.717) is 19.0 Å². The van der Waals surface area contributed by atoms with E-state index >= 15 is 0 Å². The van der Waals surface area contributed by atoms with Crippen LogP contribution in [-0.2, 0) is 4.79 Å². The van der Waals surface area contributed by atoms with Crippen molar-refractivity contribution >= 4 is 5.91 Å². The minimum atomic E-state index is 0.0770. The van der Waals surface area contributed by atoms with E-state index in [1.807, 2.05) is 6.92 Å². The Morgan fingerprint density at radius 2 is 2.09 bits per heavy atom. The average Bonchev–Trinajstić information content (AvgIpc) is 1.87. The maximum Gasteiger partial charge on any atom is 0.233 e. The van der Waals surface area contributed by atoms with Crippen molar-refractivity contribution in [2.45, 2.75) is 20.8 Å². The van der Waals surface area contributed by atoms with Crippen LogP contribution in [0.25, 0.3) is 0 Å². The lowest BCUT2D eigenvalue weighted by molar-refractivity contribution is -0.120. The molecule has 3 heteroatoms. The molecule has 0 rings (SSSR count). The number of nitrogens with one attached hydrogen (secondary N) is 2. The van der Waals surface area contributed by atoms with Gasteiger partial charge in [0.1, 0.15) is 0 Å². The van der Waals surface area contributed by atoms with E-state index in [4.69, 9.17) is 0 Å². The van der Waals surface area contributed by atoms with E-state index in [2.05, 4.69) is 24.5 Å².